The average molecular weight is 226 g/mol. The molecule has 2 aromatic heterocycles. The van der Waals surface area contributed by atoms with Gasteiger partial charge in [-0.25, -0.2) is 9.78 Å². The Morgan fingerprint density at radius 1 is 1.67 bits per heavy atom. The first-order chi connectivity index (χ1) is 7.22. The summed E-state index contributed by atoms with van der Waals surface area (Å²) in [6.07, 6.45) is 1.49. The van der Waals surface area contributed by atoms with Crippen molar-refractivity contribution in [2.75, 3.05) is 6.61 Å². The lowest BCUT2D eigenvalue weighted by Crippen LogP contribution is -2.06. The lowest BCUT2D eigenvalue weighted by atomic mass is 10.2. The summed E-state index contributed by atoms with van der Waals surface area (Å²) in [4.78, 5) is 15.3. The third kappa shape index (κ3) is 1.80. The number of pyridine rings is 1. The summed E-state index contributed by atoms with van der Waals surface area (Å²) >= 11 is 5.84. The summed E-state index contributed by atoms with van der Waals surface area (Å²) in [5, 5.41) is 0.901. The van der Waals surface area contributed by atoms with Crippen LogP contribution in [0, 0.1) is 0 Å². The molecule has 4 nitrogen and oxygen atoms in total. The van der Waals surface area contributed by atoms with E-state index in [1.165, 1.54) is 6.26 Å². The summed E-state index contributed by atoms with van der Waals surface area (Å²) in [6.45, 7) is 2.04. The van der Waals surface area contributed by atoms with Crippen LogP contribution < -0.4 is 0 Å². The van der Waals surface area contributed by atoms with Crippen molar-refractivity contribution in [2.24, 2.45) is 0 Å². The number of ether oxygens (including phenoxy) is 1. The zero-order chi connectivity index (χ0) is 10.8. The number of esters is 1. The van der Waals surface area contributed by atoms with Crippen molar-refractivity contribution in [3.05, 3.63) is 29.2 Å². The Labute approximate surface area is 90.8 Å². The average Bonchev–Trinajstić information content (AvgIpc) is 2.66. The largest absolute Gasteiger partial charge is 0.461 e. The maximum absolute atomic E-state index is 11.4. The van der Waals surface area contributed by atoms with Crippen molar-refractivity contribution < 1.29 is 13.9 Å². The molecular formula is C10H8ClNO3. The molecule has 0 radical (unpaired) electrons. The molecule has 0 N–H and O–H groups in total. The molecule has 5 heteroatoms. The van der Waals surface area contributed by atoms with E-state index in [2.05, 4.69) is 4.98 Å². The number of hydrogen-bond acceptors (Lipinski definition) is 4. The summed E-state index contributed by atoms with van der Waals surface area (Å²) in [5.74, 6) is -0.484. The van der Waals surface area contributed by atoms with Crippen LogP contribution in [0.25, 0.3) is 11.0 Å². The number of carbonyl (C=O) groups excluding carboxylic acids is 1. The first kappa shape index (κ1) is 9.98. The highest BCUT2D eigenvalue weighted by atomic mass is 35.5. The van der Waals surface area contributed by atoms with Crippen LogP contribution in [0.4, 0.5) is 0 Å². The van der Waals surface area contributed by atoms with E-state index in [1.807, 2.05) is 0 Å². The van der Waals surface area contributed by atoms with Crippen LogP contribution in [0.1, 0.15) is 17.4 Å². The van der Waals surface area contributed by atoms with Crippen molar-refractivity contribution in [3.63, 3.8) is 0 Å². The number of furan rings is 1. The molecule has 0 aliphatic heterocycles. The third-order valence-electron chi connectivity index (χ3n) is 1.88. The molecule has 0 amide bonds. The summed E-state index contributed by atoms with van der Waals surface area (Å²) in [7, 11) is 0. The SMILES string of the molecule is CCOC(=O)c1cc2ccoc2c(Cl)n1. The number of aromatic nitrogens is 1. The van der Waals surface area contributed by atoms with E-state index >= 15 is 0 Å². The molecule has 0 spiro atoms. The normalized spacial score (nSPS) is 10.5. The van der Waals surface area contributed by atoms with E-state index in [0.29, 0.717) is 12.2 Å². The van der Waals surface area contributed by atoms with Gasteiger partial charge in [-0.3, -0.25) is 0 Å². The summed E-state index contributed by atoms with van der Waals surface area (Å²) < 4.78 is 9.91. The Morgan fingerprint density at radius 2 is 2.47 bits per heavy atom. The predicted octanol–water partition coefficient (Wildman–Crippen LogP) is 2.66. The van der Waals surface area contributed by atoms with Crippen LogP contribution in [-0.2, 0) is 4.74 Å². The lowest BCUT2D eigenvalue weighted by Gasteiger charge is -2.01. The van der Waals surface area contributed by atoms with Gasteiger partial charge < -0.3 is 9.15 Å². The van der Waals surface area contributed by atoms with E-state index in [4.69, 9.17) is 20.8 Å². The van der Waals surface area contributed by atoms with Gasteiger partial charge in [-0.15, -0.1) is 0 Å². The fourth-order valence-corrected chi connectivity index (χ4v) is 1.49. The Morgan fingerprint density at radius 3 is 3.20 bits per heavy atom. The molecule has 0 fully saturated rings. The van der Waals surface area contributed by atoms with Crippen LogP contribution in [0.3, 0.4) is 0 Å². The smallest absolute Gasteiger partial charge is 0.356 e. The number of rotatable bonds is 2. The Balaban J connectivity index is 2.49. The van der Waals surface area contributed by atoms with E-state index in [1.54, 1.807) is 19.1 Å². The molecule has 0 atom stereocenters. The van der Waals surface area contributed by atoms with E-state index < -0.39 is 5.97 Å². The monoisotopic (exact) mass is 225 g/mol. The number of carbonyl (C=O) groups is 1. The first-order valence-corrected chi connectivity index (χ1v) is 4.81. The Bertz CT molecular complexity index is 506. The highest BCUT2D eigenvalue weighted by Crippen LogP contribution is 2.23. The van der Waals surface area contributed by atoms with Crippen molar-refractivity contribution in [1.29, 1.82) is 0 Å². The predicted molar refractivity (Wildman–Crippen MR) is 55.0 cm³/mol. The Kier molecular flexibility index (Phi) is 2.60. The molecule has 0 saturated heterocycles. The first-order valence-electron chi connectivity index (χ1n) is 4.43. The standard InChI is InChI=1S/C10H8ClNO3/c1-2-14-10(13)7-5-6-3-4-15-8(6)9(11)12-7/h3-5H,2H2,1H3. The number of hydrogen-bond donors (Lipinski definition) is 0. The summed E-state index contributed by atoms with van der Waals surface area (Å²) in [5.41, 5.74) is 0.667. The molecule has 78 valence electrons. The number of fused-ring (bicyclic) bond motifs is 1. The van der Waals surface area contributed by atoms with Gasteiger partial charge in [0.25, 0.3) is 0 Å². The molecule has 0 unspecified atom stereocenters. The second-order valence-electron chi connectivity index (χ2n) is 2.86. The van der Waals surface area contributed by atoms with E-state index in [9.17, 15) is 4.79 Å². The molecule has 0 bridgehead atoms. The van der Waals surface area contributed by atoms with Gasteiger partial charge >= 0.3 is 5.97 Å². The molecular weight excluding hydrogens is 218 g/mol. The van der Waals surface area contributed by atoms with Gasteiger partial charge in [0, 0.05) is 5.39 Å². The molecule has 0 aliphatic carbocycles. The molecule has 2 heterocycles. The molecule has 0 aliphatic rings. The van der Waals surface area contributed by atoms with Gasteiger partial charge in [0.1, 0.15) is 0 Å². The molecule has 2 aromatic rings. The highest BCUT2D eigenvalue weighted by Gasteiger charge is 2.13. The maximum atomic E-state index is 11.4. The van der Waals surface area contributed by atoms with Gasteiger partial charge in [-0.2, -0.15) is 0 Å². The van der Waals surface area contributed by atoms with Gasteiger partial charge in [-0.05, 0) is 19.1 Å². The van der Waals surface area contributed by atoms with E-state index in [-0.39, 0.29) is 10.8 Å². The zero-order valence-corrected chi connectivity index (χ0v) is 8.75. The van der Waals surface area contributed by atoms with Crippen LogP contribution in [0.5, 0.6) is 0 Å². The molecule has 0 aromatic carbocycles. The minimum absolute atomic E-state index is 0.167. The van der Waals surface area contributed by atoms with Gasteiger partial charge in [0.15, 0.2) is 16.4 Å². The maximum Gasteiger partial charge on any atom is 0.356 e. The minimum atomic E-state index is -0.484. The van der Waals surface area contributed by atoms with Gasteiger partial charge in [0.05, 0.1) is 12.9 Å². The van der Waals surface area contributed by atoms with E-state index in [0.717, 1.165) is 5.39 Å². The summed E-state index contributed by atoms with van der Waals surface area (Å²) in [6, 6.07) is 3.30. The van der Waals surface area contributed by atoms with Crippen molar-refractivity contribution in [3.8, 4) is 0 Å². The van der Waals surface area contributed by atoms with Crippen molar-refractivity contribution in [2.45, 2.75) is 6.92 Å². The fraction of sp³-hybridized carbons (Fsp3) is 0.200. The zero-order valence-electron chi connectivity index (χ0n) is 7.99. The number of halogens is 1. The molecule has 2 rings (SSSR count). The highest BCUT2D eigenvalue weighted by molar-refractivity contribution is 6.33. The van der Waals surface area contributed by atoms with Gasteiger partial charge in [-0.1, -0.05) is 11.6 Å². The quantitative estimate of drug-likeness (QED) is 0.582. The molecule has 0 saturated carbocycles. The van der Waals surface area contributed by atoms with Crippen LogP contribution in [-0.4, -0.2) is 17.6 Å². The number of nitrogens with zero attached hydrogens (tertiary/aromatic N) is 1. The van der Waals surface area contributed by atoms with Gasteiger partial charge in [0.2, 0.25) is 0 Å². The van der Waals surface area contributed by atoms with Crippen LogP contribution in [0.2, 0.25) is 5.15 Å². The van der Waals surface area contributed by atoms with Crippen LogP contribution in [0.15, 0.2) is 22.8 Å². The van der Waals surface area contributed by atoms with Crippen molar-refractivity contribution >= 4 is 28.5 Å². The minimum Gasteiger partial charge on any atom is -0.461 e. The molecule has 15 heavy (non-hydrogen) atoms. The van der Waals surface area contributed by atoms with Crippen LogP contribution >= 0.6 is 11.6 Å². The second-order valence-corrected chi connectivity index (χ2v) is 3.22. The Hall–Kier alpha value is -1.55. The second kappa shape index (κ2) is 3.90. The third-order valence-corrected chi connectivity index (χ3v) is 2.13. The topological polar surface area (TPSA) is 52.3 Å². The lowest BCUT2D eigenvalue weighted by molar-refractivity contribution is 0.0520. The fourth-order valence-electron chi connectivity index (χ4n) is 1.25. The van der Waals surface area contributed by atoms with Crippen molar-refractivity contribution in [1.82, 2.24) is 4.98 Å².